The van der Waals surface area contributed by atoms with E-state index in [4.69, 9.17) is 4.42 Å². The lowest BCUT2D eigenvalue weighted by atomic mass is 10.1. The van der Waals surface area contributed by atoms with Crippen molar-refractivity contribution in [1.82, 2.24) is 14.9 Å². The Bertz CT molecular complexity index is 1290. The zero-order valence-corrected chi connectivity index (χ0v) is 18.2. The van der Waals surface area contributed by atoms with Gasteiger partial charge in [-0.3, -0.25) is 15.0 Å². The summed E-state index contributed by atoms with van der Waals surface area (Å²) in [6.07, 6.45) is 2.61. The number of nitro groups is 1. The van der Waals surface area contributed by atoms with E-state index >= 15 is 0 Å². The Balaban J connectivity index is 1.34. The molecule has 0 aliphatic carbocycles. The highest BCUT2D eigenvalue weighted by Crippen LogP contribution is 2.31. The molecule has 0 saturated heterocycles. The number of anilines is 2. The summed E-state index contributed by atoms with van der Waals surface area (Å²) in [6, 6.07) is 18.7. The lowest BCUT2D eigenvalue weighted by Crippen LogP contribution is -2.29. The van der Waals surface area contributed by atoms with Gasteiger partial charge in [-0.15, -0.1) is 0 Å². The minimum atomic E-state index is -0.427. The molecule has 2 aromatic heterocycles. The average Bonchev–Trinajstić information content (AvgIpc) is 3.24. The van der Waals surface area contributed by atoms with Crippen LogP contribution in [0, 0.1) is 17.0 Å². The lowest BCUT2D eigenvalue weighted by Gasteiger charge is -2.25. The second kappa shape index (κ2) is 8.84. The number of aromatic nitrogens is 2. The highest BCUT2D eigenvalue weighted by atomic mass is 16.6. The van der Waals surface area contributed by atoms with Crippen LogP contribution in [0.5, 0.6) is 0 Å². The molecule has 33 heavy (non-hydrogen) atoms. The SMILES string of the molecule is Cc1cnc(Nc2ccc([N+](=O)[O-])cc2)nc1-c1cc2c(o1)CCN(Cc1ccccc1)C2. The van der Waals surface area contributed by atoms with Crippen LogP contribution in [0.15, 0.2) is 71.3 Å². The molecule has 0 saturated carbocycles. The Morgan fingerprint density at radius 1 is 1.15 bits per heavy atom. The van der Waals surface area contributed by atoms with Crippen LogP contribution in [0.1, 0.15) is 22.5 Å². The third kappa shape index (κ3) is 4.61. The molecule has 4 aromatic rings. The summed E-state index contributed by atoms with van der Waals surface area (Å²) < 4.78 is 6.20. The van der Waals surface area contributed by atoms with Gasteiger partial charge < -0.3 is 9.73 Å². The van der Waals surface area contributed by atoms with Gasteiger partial charge in [0, 0.05) is 55.6 Å². The molecule has 166 valence electrons. The van der Waals surface area contributed by atoms with Gasteiger partial charge in [0.25, 0.3) is 5.69 Å². The Hall–Kier alpha value is -4.04. The van der Waals surface area contributed by atoms with Crippen LogP contribution in [-0.2, 0) is 19.5 Å². The van der Waals surface area contributed by atoms with E-state index in [2.05, 4.69) is 50.5 Å². The molecule has 1 aliphatic heterocycles. The van der Waals surface area contributed by atoms with Crippen LogP contribution in [-0.4, -0.2) is 26.3 Å². The van der Waals surface area contributed by atoms with Crippen molar-refractivity contribution in [3.63, 3.8) is 0 Å². The lowest BCUT2D eigenvalue weighted by molar-refractivity contribution is -0.384. The summed E-state index contributed by atoms with van der Waals surface area (Å²) in [5.74, 6) is 2.15. The molecule has 8 heteroatoms. The van der Waals surface area contributed by atoms with Crippen LogP contribution in [0.2, 0.25) is 0 Å². The van der Waals surface area contributed by atoms with E-state index in [9.17, 15) is 10.1 Å². The van der Waals surface area contributed by atoms with Crippen molar-refractivity contribution >= 4 is 17.3 Å². The highest BCUT2D eigenvalue weighted by molar-refractivity contribution is 5.62. The molecular formula is C25H23N5O3. The van der Waals surface area contributed by atoms with Crippen LogP contribution in [0.3, 0.4) is 0 Å². The number of nitro benzene ring substituents is 1. The summed E-state index contributed by atoms with van der Waals surface area (Å²) >= 11 is 0. The van der Waals surface area contributed by atoms with Crippen LogP contribution >= 0.6 is 0 Å². The van der Waals surface area contributed by atoms with E-state index in [1.165, 1.54) is 23.3 Å². The van der Waals surface area contributed by atoms with E-state index in [1.54, 1.807) is 18.3 Å². The van der Waals surface area contributed by atoms with Gasteiger partial charge in [-0.05, 0) is 36.2 Å². The maximum absolute atomic E-state index is 10.9. The number of aryl methyl sites for hydroxylation is 1. The molecule has 0 unspecified atom stereocenters. The van der Waals surface area contributed by atoms with Crippen LogP contribution in [0.25, 0.3) is 11.5 Å². The van der Waals surface area contributed by atoms with Crippen molar-refractivity contribution < 1.29 is 9.34 Å². The smallest absolute Gasteiger partial charge is 0.269 e. The summed E-state index contributed by atoms with van der Waals surface area (Å²) in [7, 11) is 0. The zero-order chi connectivity index (χ0) is 22.8. The number of furan rings is 1. The quantitative estimate of drug-likeness (QED) is 0.322. The number of nitrogens with one attached hydrogen (secondary N) is 1. The van der Waals surface area contributed by atoms with Crippen molar-refractivity contribution in [1.29, 1.82) is 0 Å². The Morgan fingerprint density at radius 2 is 1.94 bits per heavy atom. The topological polar surface area (TPSA) is 97.3 Å². The van der Waals surface area contributed by atoms with Gasteiger partial charge >= 0.3 is 0 Å². The molecule has 0 fully saturated rings. The summed E-state index contributed by atoms with van der Waals surface area (Å²) in [6.45, 7) is 4.65. The molecule has 3 heterocycles. The van der Waals surface area contributed by atoms with Crippen molar-refractivity contribution in [2.24, 2.45) is 0 Å². The largest absolute Gasteiger partial charge is 0.459 e. The molecule has 0 radical (unpaired) electrons. The summed E-state index contributed by atoms with van der Waals surface area (Å²) in [5.41, 5.74) is 4.85. The first kappa shape index (κ1) is 20.8. The van der Waals surface area contributed by atoms with E-state index in [0.29, 0.717) is 11.6 Å². The molecule has 1 N–H and O–H groups in total. The van der Waals surface area contributed by atoms with Gasteiger partial charge in [0.05, 0.1) is 4.92 Å². The molecule has 0 spiro atoms. The monoisotopic (exact) mass is 441 g/mol. The number of benzene rings is 2. The van der Waals surface area contributed by atoms with E-state index in [-0.39, 0.29) is 5.69 Å². The molecule has 0 atom stereocenters. The van der Waals surface area contributed by atoms with Gasteiger partial charge in [-0.25, -0.2) is 9.97 Å². The molecule has 2 aromatic carbocycles. The van der Waals surface area contributed by atoms with Crippen molar-refractivity contribution in [3.8, 4) is 11.5 Å². The van der Waals surface area contributed by atoms with Crippen LogP contribution in [0.4, 0.5) is 17.3 Å². The first-order valence-corrected chi connectivity index (χ1v) is 10.8. The molecule has 1 aliphatic rings. The molecule has 0 amide bonds. The predicted molar refractivity (Wildman–Crippen MR) is 125 cm³/mol. The van der Waals surface area contributed by atoms with Crippen molar-refractivity contribution in [2.75, 3.05) is 11.9 Å². The second-order valence-electron chi connectivity index (χ2n) is 8.16. The Kier molecular flexibility index (Phi) is 5.58. The van der Waals surface area contributed by atoms with Crippen molar-refractivity contribution in [3.05, 3.63) is 99.4 Å². The zero-order valence-electron chi connectivity index (χ0n) is 18.2. The normalized spacial score (nSPS) is 13.5. The van der Waals surface area contributed by atoms with Gasteiger partial charge in [-0.2, -0.15) is 0 Å². The maximum atomic E-state index is 10.9. The number of nitrogens with zero attached hydrogens (tertiary/aromatic N) is 4. The molecule has 8 nitrogen and oxygen atoms in total. The van der Waals surface area contributed by atoms with E-state index in [0.717, 1.165) is 48.8 Å². The number of non-ortho nitro benzene ring substituents is 1. The van der Waals surface area contributed by atoms with Gasteiger partial charge in [0.1, 0.15) is 11.5 Å². The number of hydrogen-bond donors (Lipinski definition) is 1. The van der Waals surface area contributed by atoms with Crippen LogP contribution < -0.4 is 5.32 Å². The van der Waals surface area contributed by atoms with Gasteiger partial charge in [-0.1, -0.05) is 30.3 Å². The van der Waals surface area contributed by atoms with E-state index in [1.807, 2.05) is 13.0 Å². The highest BCUT2D eigenvalue weighted by Gasteiger charge is 2.22. The Morgan fingerprint density at radius 3 is 2.70 bits per heavy atom. The fraction of sp³-hybridized carbons (Fsp3) is 0.200. The van der Waals surface area contributed by atoms with Gasteiger partial charge in [0.2, 0.25) is 5.95 Å². The minimum Gasteiger partial charge on any atom is -0.459 e. The third-order valence-electron chi connectivity index (χ3n) is 5.73. The summed E-state index contributed by atoms with van der Waals surface area (Å²) in [5, 5.41) is 14.0. The first-order valence-electron chi connectivity index (χ1n) is 10.8. The minimum absolute atomic E-state index is 0.0357. The number of fused-ring (bicyclic) bond motifs is 1. The molecular weight excluding hydrogens is 418 g/mol. The first-order chi connectivity index (χ1) is 16.0. The summed E-state index contributed by atoms with van der Waals surface area (Å²) in [4.78, 5) is 21.9. The molecule has 5 rings (SSSR count). The second-order valence-corrected chi connectivity index (χ2v) is 8.16. The van der Waals surface area contributed by atoms with Gasteiger partial charge in [0.15, 0.2) is 5.76 Å². The fourth-order valence-electron chi connectivity index (χ4n) is 4.03. The Labute approximate surface area is 191 Å². The maximum Gasteiger partial charge on any atom is 0.269 e. The van der Waals surface area contributed by atoms with Crippen molar-refractivity contribution in [2.45, 2.75) is 26.4 Å². The van der Waals surface area contributed by atoms with E-state index < -0.39 is 4.92 Å². The standard InChI is InChI=1S/C25H23N5O3/c1-17-14-26-25(27-20-7-9-21(10-8-20)30(31)32)28-24(17)23-13-19-16-29(12-11-22(19)33-23)15-18-5-3-2-4-6-18/h2-10,13-14H,11-12,15-16H2,1H3,(H,26,27,28). The predicted octanol–water partition coefficient (Wildman–Crippen LogP) is 5.26. The molecule has 0 bridgehead atoms. The average molecular weight is 441 g/mol. The fourth-order valence-corrected chi connectivity index (χ4v) is 4.03. The number of hydrogen-bond acceptors (Lipinski definition) is 7. The number of rotatable bonds is 6. The third-order valence-corrected chi connectivity index (χ3v) is 5.73.